The fraction of sp³-hybridized carbons (Fsp3) is 0.569. The molecule has 0 radical (unpaired) electrons. The Hall–Kier alpha value is -4.37. The number of amides is 2. The summed E-state index contributed by atoms with van der Waals surface area (Å²) >= 11 is 0. The molecule has 2 fully saturated rings. The van der Waals surface area contributed by atoms with Gasteiger partial charge in [-0.25, -0.2) is 4.39 Å². The van der Waals surface area contributed by atoms with Crippen molar-refractivity contribution in [3.8, 4) is 22.4 Å². The number of aryl methyl sites for hydroxylation is 1. The maximum atomic E-state index is 15.3. The number of aromatic nitrogens is 2. The highest BCUT2D eigenvalue weighted by atomic mass is 19.1. The molecule has 324 valence electrons. The molecule has 0 bridgehead atoms. The van der Waals surface area contributed by atoms with Crippen molar-refractivity contribution in [2.75, 3.05) is 26.2 Å². The van der Waals surface area contributed by atoms with Crippen molar-refractivity contribution in [3.63, 3.8) is 0 Å². The maximum Gasteiger partial charge on any atom is 0.238 e. The minimum absolute atomic E-state index is 0.0574. The quantitative estimate of drug-likeness (QED) is 0.101. The van der Waals surface area contributed by atoms with Crippen molar-refractivity contribution in [3.05, 3.63) is 77.1 Å². The van der Waals surface area contributed by atoms with Crippen LogP contribution in [0.3, 0.4) is 0 Å². The van der Waals surface area contributed by atoms with Gasteiger partial charge in [0, 0.05) is 55.8 Å². The monoisotopic (exact) mass is 820 g/mol. The van der Waals surface area contributed by atoms with Crippen LogP contribution in [0, 0.1) is 17.3 Å². The van der Waals surface area contributed by atoms with E-state index >= 15 is 4.39 Å². The molecule has 4 atom stereocenters. The summed E-state index contributed by atoms with van der Waals surface area (Å²) in [6, 6.07) is 15.6. The Morgan fingerprint density at radius 1 is 1.02 bits per heavy atom. The molecular formula is C51H70FN5O3. The van der Waals surface area contributed by atoms with Gasteiger partial charge in [-0.1, -0.05) is 72.1 Å². The van der Waals surface area contributed by atoms with Gasteiger partial charge in [-0.15, -0.1) is 0 Å². The molecule has 60 heavy (non-hydrogen) atoms. The molecule has 1 saturated heterocycles. The normalized spacial score (nSPS) is 17.9. The number of hydrogen-bond donors (Lipinski definition) is 1. The van der Waals surface area contributed by atoms with E-state index in [9.17, 15) is 14.4 Å². The molecule has 1 saturated carbocycles. The lowest BCUT2D eigenvalue weighted by molar-refractivity contribution is -0.131. The Balaban J connectivity index is 1.33. The molecule has 2 aromatic carbocycles. The van der Waals surface area contributed by atoms with Crippen LogP contribution in [-0.4, -0.2) is 75.7 Å². The zero-order valence-electron chi connectivity index (χ0n) is 37.8. The minimum atomic E-state index is -1.22. The van der Waals surface area contributed by atoms with Gasteiger partial charge in [0.2, 0.25) is 11.8 Å². The number of hydrogen-bond acceptors (Lipinski definition) is 5. The number of carbonyl (C=O) groups is 3. The summed E-state index contributed by atoms with van der Waals surface area (Å²) in [7, 11) is 0. The topological polar surface area (TPSA) is 87.5 Å². The number of halogens is 1. The number of aldehydes is 1. The third-order valence-corrected chi connectivity index (χ3v) is 13.6. The standard InChI is InChI=1S/C51H70FN5O3/c1-10-51(8,9)29-45-44-28-39(19-20-46(44)57(12-3)49(45)43-18-15-22-53-47(43)33(4)5)41-25-37(24-40(27-41)34(6)52)26-42(32-58)54-50(60)48(38-16-13-14-17-38)56-23-21-36(31-56)30-55(11-2)35(7)59/h15,18-20,22,24-25,27-28,32-34,36,38,42,48H,10-14,16-17,21,23,26,29-31H2,1-9H3,(H,54,60). The Morgan fingerprint density at radius 3 is 2.40 bits per heavy atom. The number of fused-ring (bicyclic) bond motifs is 1. The van der Waals surface area contributed by atoms with Gasteiger partial charge in [-0.05, 0) is 141 Å². The first-order valence-electron chi connectivity index (χ1n) is 22.8. The van der Waals surface area contributed by atoms with Gasteiger partial charge in [0.15, 0.2) is 0 Å². The number of benzene rings is 2. The summed E-state index contributed by atoms with van der Waals surface area (Å²) < 4.78 is 17.8. The Bertz CT molecular complexity index is 2130. The SMILES string of the molecule is CCN(CC1CCN(C(C(=O)NC(C=O)Cc2cc(-c3ccc4c(c3)c(CC(C)(C)CC)c(-c3cccnc3C(C)C)n4CC)cc(C(C)F)c2)C2CCCC2)C1)C(C)=O. The number of likely N-dealkylation sites (tertiary alicyclic amines) is 1. The van der Waals surface area contributed by atoms with E-state index in [1.807, 2.05) is 36.2 Å². The number of rotatable bonds is 18. The average molecular weight is 820 g/mol. The average Bonchev–Trinajstić information content (AvgIpc) is 3.99. The molecule has 9 heteroatoms. The second-order valence-corrected chi connectivity index (χ2v) is 18.8. The van der Waals surface area contributed by atoms with Gasteiger partial charge in [-0.2, -0.15) is 0 Å². The predicted molar refractivity (Wildman–Crippen MR) is 243 cm³/mol. The number of carbonyl (C=O) groups excluding carboxylic acids is 3. The van der Waals surface area contributed by atoms with Crippen molar-refractivity contribution < 1.29 is 18.8 Å². The van der Waals surface area contributed by atoms with Crippen molar-refractivity contribution in [1.29, 1.82) is 0 Å². The van der Waals surface area contributed by atoms with E-state index in [1.165, 1.54) is 27.7 Å². The largest absolute Gasteiger partial charge is 0.345 e. The maximum absolute atomic E-state index is 15.3. The van der Waals surface area contributed by atoms with E-state index in [-0.39, 0.29) is 41.5 Å². The molecular weight excluding hydrogens is 750 g/mol. The van der Waals surface area contributed by atoms with E-state index in [2.05, 4.69) is 86.7 Å². The van der Waals surface area contributed by atoms with Crippen LogP contribution in [-0.2, 0) is 33.8 Å². The highest BCUT2D eigenvalue weighted by molar-refractivity contribution is 5.95. The summed E-state index contributed by atoms with van der Waals surface area (Å²) in [4.78, 5) is 48.3. The first-order valence-corrected chi connectivity index (χ1v) is 22.8. The fourth-order valence-corrected chi connectivity index (χ4v) is 10.00. The first-order chi connectivity index (χ1) is 28.7. The zero-order valence-corrected chi connectivity index (χ0v) is 37.8. The number of nitrogens with one attached hydrogen (secondary N) is 1. The van der Waals surface area contributed by atoms with E-state index in [0.717, 1.165) is 93.3 Å². The summed E-state index contributed by atoms with van der Waals surface area (Å²) in [5.74, 6) is 0.774. The van der Waals surface area contributed by atoms with Crippen molar-refractivity contribution >= 4 is 29.0 Å². The highest BCUT2D eigenvalue weighted by Gasteiger charge is 2.40. The predicted octanol–water partition coefficient (Wildman–Crippen LogP) is 10.5. The second-order valence-electron chi connectivity index (χ2n) is 18.8. The van der Waals surface area contributed by atoms with Crippen LogP contribution in [0.25, 0.3) is 33.3 Å². The van der Waals surface area contributed by atoms with E-state index < -0.39 is 12.2 Å². The highest BCUT2D eigenvalue weighted by Crippen LogP contribution is 2.42. The van der Waals surface area contributed by atoms with E-state index in [4.69, 9.17) is 4.98 Å². The molecule has 4 unspecified atom stereocenters. The number of nitrogens with zero attached hydrogens (tertiary/aromatic N) is 4. The second kappa shape index (κ2) is 19.6. The van der Waals surface area contributed by atoms with Gasteiger partial charge in [-0.3, -0.25) is 19.5 Å². The van der Waals surface area contributed by atoms with Crippen LogP contribution in [0.4, 0.5) is 4.39 Å². The Labute approximate surface area is 358 Å². The summed E-state index contributed by atoms with van der Waals surface area (Å²) in [6.07, 6.45) is 8.81. The van der Waals surface area contributed by atoms with E-state index in [1.54, 1.807) is 13.8 Å². The Kier molecular flexibility index (Phi) is 14.7. The van der Waals surface area contributed by atoms with Crippen LogP contribution in [0.1, 0.15) is 135 Å². The lowest BCUT2D eigenvalue weighted by Gasteiger charge is -2.33. The molecule has 3 heterocycles. The molecule has 8 nitrogen and oxygen atoms in total. The zero-order chi connectivity index (χ0) is 43.3. The third kappa shape index (κ3) is 10.0. The Morgan fingerprint density at radius 2 is 1.77 bits per heavy atom. The van der Waals surface area contributed by atoms with Crippen LogP contribution < -0.4 is 5.32 Å². The molecule has 1 N–H and O–H groups in total. The summed E-state index contributed by atoms with van der Waals surface area (Å²) in [5.41, 5.74) is 9.23. The lowest BCUT2D eigenvalue weighted by atomic mass is 9.81. The summed E-state index contributed by atoms with van der Waals surface area (Å²) in [6.45, 7) is 22.4. The van der Waals surface area contributed by atoms with Crippen LogP contribution in [0.15, 0.2) is 54.7 Å². The fourth-order valence-electron chi connectivity index (χ4n) is 10.00. The van der Waals surface area contributed by atoms with Gasteiger partial charge in [0.25, 0.3) is 0 Å². The van der Waals surface area contributed by atoms with Gasteiger partial charge in [0.05, 0.1) is 23.5 Å². The van der Waals surface area contributed by atoms with Gasteiger partial charge >= 0.3 is 0 Å². The van der Waals surface area contributed by atoms with Crippen molar-refractivity contribution in [2.45, 2.75) is 144 Å². The molecule has 4 aromatic rings. The molecule has 2 amide bonds. The van der Waals surface area contributed by atoms with Crippen LogP contribution in [0.5, 0.6) is 0 Å². The molecule has 2 aromatic heterocycles. The molecule has 0 spiro atoms. The number of alkyl halides is 1. The van der Waals surface area contributed by atoms with Crippen molar-refractivity contribution in [1.82, 2.24) is 24.7 Å². The smallest absolute Gasteiger partial charge is 0.238 e. The molecule has 1 aliphatic carbocycles. The van der Waals surface area contributed by atoms with Crippen LogP contribution >= 0.6 is 0 Å². The molecule has 1 aliphatic heterocycles. The minimum Gasteiger partial charge on any atom is -0.345 e. The van der Waals surface area contributed by atoms with E-state index in [0.29, 0.717) is 24.6 Å². The third-order valence-electron chi connectivity index (χ3n) is 13.6. The number of pyridine rings is 1. The van der Waals surface area contributed by atoms with Gasteiger partial charge in [0.1, 0.15) is 12.5 Å². The lowest BCUT2D eigenvalue weighted by Crippen LogP contribution is -2.53. The molecule has 2 aliphatic rings. The van der Waals surface area contributed by atoms with Crippen molar-refractivity contribution in [2.24, 2.45) is 17.3 Å². The van der Waals surface area contributed by atoms with Gasteiger partial charge < -0.3 is 19.6 Å². The van der Waals surface area contributed by atoms with Crippen LogP contribution in [0.2, 0.25) is 0 Å². The molecule has 6 rings (SSSR count). The first kappa shape index (κ1) is 45.2. The summed E-state index contributed by atoms with van der Waals surface area (Å²) in [5, 5.41) is 4.34.